The average molecular weight is 455 g/mol. The van der Waals surface area contributed by atoms with E-state index in [0.29, 0.717) is 23.2 Å². The van der Waals surface area contributed by atoms with Gasteiger partial charge in [-0.25, -0.2) is 4.99 Å². The van der Waals surface area contributed by atoms with Crippen LogP contribution in [0.5, 0.6) is 11.5 Å². The number of benzene rings is 1. The van der Waals surface area contributed by atoms with Gasteiger partial charge in [0.25, 0.3) is 0 Å². The van der Waals surface area contributed by atoms with E-state index in [1.54, 1.807) is 12.1 Å². The van der Waals surface area contributed by atoms with Crippen molar-refractivity contribution in [3.8, 4) is 11.5 Å². The van der Waals surface area contributed by atoms with E-state index in [-0.39, 0.29) is 36.3 Å². The van der Waals surface area contributed by atoms with Crippen LogP contribution in [0.3, 0.4) is 0 Å². The molecule has 0 radical (unpaired) electrons. The molecule has 1 aromatic rings. The van der Waals surface area contributed by atoms with E-state index in [1.807, 2.05) is 6.92 Å². The summed E-state index contributed by atoms with van der Waals surface area (Å²) >= 11 is 0. The Kier molecular flexibility index (Phi) is 9.09. The molecule has 0 spiro atoms. The molecule has 1 aromatic carbocycles. The summed E-state index contributed by atoms with van der Waals surface area (Å²) in [5, 5.41) is 6.40. The second-order valence-electron chi connectivity index (χ2n) is 5.37. The maximum atomic E-state index is 12.5. The van der Waals surface area contributed by atoms with Gasteiger partial charge in [-0.2, -0.15) is 8.78 Å². The summed E-state index contributed by atoms with van der Waals surface area (Å²) < 4.78 is 34.7. The van der Waals surface area contributed by atoms with E-state index in [2.05, 4.69) is 20.4 Å². The van der Waals surface area contributed by atoms with Crippen molar-refractivity contribution in [1.29, 1.82) is 0 Å². The third kappa shape index (κ3) is 7.06. The number of ether oxygens (including phenoxy) is 2. The SMILES string of the molecule is CCNC(=NCc1cc(OC)ccc1OC(F)F)NCC1CC1.I. The normalized spacial score (nSPS) is 14.1. The number of aliphatic imine (C=N–C) groups is 1. The van der Waals surface area contributed by atoms with Gasteiger partial charge in [0.05, 0.1) is 13.7 Å². The van der Waals surface area contributed by atoms with E-state index in [1.165, 1.54) is 26.0 Å². The number of nitrogens with one attached hydrogen (secondary N) is 2. The Morgan fingerprint density at radius 1 is 1.33 bits per heavy atom. The first-order valence-electron chi connectivity index (χ1n) is 7.76. The first kappa shape index (κ1) is 20.7. The molecule has 0 unspecified atom stereocenters. The minimum atomic E-state index is -2.87. The van der Waals surface area contributed by atoms with Gasteiger partial charge in [-0.3, -0.25) is 0 Å². The van der Waals surface area contributed by atoms with Gasteiger partial charge < -0.3 is 20.1 Å². The Bertz CT molecular complexity index is 540. The summed E-state index contributed by atoms with van der Waals surface area (Å²) in [5.41, 5.74) is 0.549. The summed E-state index contributed by atoms with van der Waals surface area (Å²) in [6, 6.07) is 4.72. The van der Waals surface area contributed by atoms with Crippen LogP contribution in [0.15, 0.2) is 23.2 Å². The summed E-state index contributed by atoms with van der Waals surface area (Å²) in [7, 11) is 1.53. The lowest BCUT2D eigenvalue weighted by atomic mass is 10.2. The average Bonchev–Trinajstić information content (AvgIpc) is 3.35. The fraction of sp³-hybridized carbons (Fsp3) is 0.562. The molecule has 24 heavy (non-hydrogen) atoms. The molecular formula is C16H24F2IN3O2. The molecule has 0 saturated heterocycles. The van der Waals surface area contributed by atoms with Gasteiger partial charge >= 0.3 is 6.61 Å². The van der Waals surface area contributed by atoms with Gasteiger partial charge in [-0.1, -0.05) is 0 Å². The van der Waals surface area contributed by atoms with Crippen molar-refractivity contribution < 1.29 is 18.3 Å². The van der Waals surface area contributed by atoms with Gasteiger partial charge in [0, 0.05) is 18.7 Å². The topological polar surface area (TPSA) is 54.9 Å². The van der Waals surface area contributed by atoms with Gasteiger partial charge in [-0.15, -0.1) is 24.0 Å². The molecule has 0 aromatic heterocycles. The van der Waals surface area contributed by atoms with Crippen LogP contribution < -0.4 is 20.1 Å². The molecule has 2 N–H and O–H groups in total. The Labute approximate surface area is 158 Å². The smallest absolute Gasteiger partial charge is 0.387 e. The highest BCUT2D eigenvalue weighted by atomic mass is 127. The number of guanidine groups is 1. The zero-order chi connectivity index (χ0) is 16.7. The second-order valence-corrected chi connectivity index (χ2v) is 5.37. The number of methoxy groups -OCH3 is 1. The number of hydrogen-bond donors (Lipinski definition) is 2. The maximum absolute atomic E-state index is 12.5. The highest BCUT2D eigenvalue weighted by Crippen LogP contribution is 2.28. The number of hydrogen-bond acceptors (Lipinski definition) is 3. The van der Waals surface area contributed by atoms with Gasteiger partial charge in [0.2, 0.25) is 0 Å². The van der Waals surface area contributed by atoms with Crippen LogP contribution in [0.4, 0.5) is 8.78 Å². The van der Waals surface area contributed by atoms with Crippen LogP contribution in [0.2, 0.25) is 0 Å². The van der Waals surface area contributed by atoms with Gasteiger partial charge in [-0.05, 0) is 43.9 Å². The fourth-order valence-corrected chi connectivity index (χ4v) is 2.09. The molecule has 1 fully saturated rings. The zero-order valence-electron chi connectivity index (χ0n) is 13.9. The molecule has 0 aliphatic heterocycles. The van der Waals surface area contributed by atoms with Gasteiger partial charge in [0.15, 0.2) is 5.96 Å². The van der Waals surface area contributed by atoms with Crippen molar-refractivity contribution >= 4 is 29.9 Å². The molecule has 0 heterocycles. The molecule has 1 aliphatic carbocycles. The van der Waals surface area contributed by atoms with Crippen LogP contribution in [-0.2, 0) is 6.54 Å². The van der Waals surface area contributed by atoms with Crippen LogP contribution in [0, 0.1) is 5.92 Å². The molecule has 0 bridgehead atoms. The number of rotatable bonds is 8. The second kappa shape index (κ2) is 10.5. The monoisotopic (exact) mass is 455 g/mol. The molecule has 1 saturated carbocycles. The largest absolute Gasteiger partial charge is 0.497 e. The molecule has 0 amide bonds. The molecular weight excluding hydrogens is 431 g/mol. The molecule has 0 atom stereocenters. The molecule has 136 valence electrons. The van der Waals surface area contributed by atoms with E-state index < -0.39 is 6.61 Å². The predicted octanol–water partition coefficient (Wildman–Crippen LogP) is 3.38. The lowest BCUT2D eigenvalue weighted by Crippen LogP contribution is -2.38. The van der Waals surface area contributed by atoms with Crippen molar-refractivity contribution in [2.24, 2.45) is 10.9 Å². The van der Waals surface area contributed by atoms with Crippen molar-refractivity contribution in [3.63, 3.8) is 0 Å². The first-order chi connectivity index (χ1) is 11.1. The van der Waals surface area contributed by atoms with Crippen molar-refractivity contribution in [2.45, 2.75) is 32.9 Å². The van der Waals surface area contributed by atoms with Crippen molar-refractivity contribution in [2.75, 3.05) is 20.2 Å². The van der Waals surface area contributed by atoms with E-state index in [9.17, 15) is 8.78 Å². The predicted molar refractivity (Wildman–Crippen MR) is 101 cm³/mol. The standard InChI is InChI=1S/C16H23F2N3O2.HI/c1-3-19-16(20-9-11-4-5-11)21-10-12-8-13(22-2)6-7-14(12)23-15(17)18;/h6-8,11,15H,3-5,9-10H2,1-2H3,(H2,19,20,21);1H. The molecule has 8 heteroatoms. The Hall–Kier alpha value is -1.32. The van der Waals surface area contributed by atoms with Crippen LogP contribution in [-0.4, -0.2) is 32.8 Å². The molecule has 2 rings (SSSR count). The minimum absolute atomic E-state index is 0. The highest BCUT2D eigenvalue weighted by Gasteiger charge is 2.21. The zero-order valence-corrected chi connectivity index (χ0v) is 16.2. The summed E-state index contributed by atoms with van der Waals surface area (Å²) in [6.45, 7) is 0.941. The fourth-order valence-electron chi connectivity index (χ4n) is 2.09. The maximum Gasteiger partial charge on any atom is 0.387 e. The number of nitrogens with zero attached hydrogens (tertiary/aromatic N) is 1. The van der Waals surface area contributed by atoms with Gasteiger partial charge in [0.1, 0.15) is 11.5 Å². The molecule has 1 aliphatic rings. The number of alkyl halides is 2. The lowest BCUT2D eigenvalue weighted by molar-refractivity contribution is -0.0504. The van der Waals surface area contributed by atoms with E-state index in [0.717, 1.165) is 13.1 Å². The third-order valence-electron chi connectivity index (χ3n) is 3.49. The lowest BCUT2D eigenvalue weighted by Gasteiger charge is -2.13. The highest BCUT2D eigenvalue weighted by molar-refractivity contribution is 14.0. The van der Waals surface area contributed by atoms with E-state index >= 15 is 0 Å². The summed E-state index contributed by atoms with van der Waals surface area (Å²) in [5.74, 6) is 2.08. The minimum Gasteiger partial charge on any atom is -0.497 e. The third-order valence-corrected chi connectivity index (χ3v) is 3.49. The summed E-state index contributed by atoms with van der Waals surface area (Å²) in [6.07, 6.45) is 2.49. The molecule has 5 nitrogen and oxygen atoms in total. The van der Waals surface area contributed by atoms with Crippen molar-refractivity contribution in [1.82, 2.24) is 10.6 Å². The summed E-state index contributed by atoms with van der Waals surface area (Å²) in [4.78, 5) is 4.44. The first-order valence-corrected chi connectivity index (χ1v) is 7.76. The Balaban J connectivity index is 0.00000288. The van der Waals surface area contributed by atoms with Crippen LogP contribution >= 0.6 is 24.0 Å². The Morgan fingerprint density at radius 2 is 2.08 bits per heavy atom. The Morgan fingerprint density at radius 3 is 2.67 bits per heavy atom. The number of halogens is 3. The quantitative estimate of drug-likeness (QED) is 0.359. The van der Waals surface area contributed by atoms with Crippen LogP contribution in [0.25, 0.3) is 0 Å². The van der Waals surface area contributed by atoms with Crippen LogP contribution in [0.1, 0.15) is 25.3 Å². The van der Waals surface area contributed by atoms with E-state index in [4.69, 9.17) is 4.74 Å². The van der Waals surface area contributed by atoms with Crippen molar-refractivity contribution in [3.05, 3.63) is 23.8 Å².